The van der Waals surface area contributed by atoms with Crippen molar-refractivity contribution in [2.75, 3.05) is 34.5 Å². The number of imidazole rings is 1. The largest absolute Gasteiger partial charge is 0.494 e. The number of fused-ring (bicyclic) bond motifs is 1. The van der Waals surface area contributed by atoms with Crippen molar-refractivity contribution in [2.24, 2.45) is 0 Å². The van der Waals surface area contributed by atoms with Crippen LogP contribution in [0.1, 0.15) is 47.4 Å². The van der Waals surface area contributed by atoms with E-state index in [2.05, 4.69) is 47.1 Å². The molecular formula is C32H39N3O5. The molecule has 212 valence electrons. The first-order valence-corrected chi connectivity index (χ1v) is 13.8. The second kappa shape index (κ2) is 14.3. The average molecular weight is 546 g/mol. The molecule has 1 heterocycles. The number of amides is 1. The normalized spacial score (nSPS) is 10.9. The van der Waals surface area contributed by atoms with E-state index < -0.39 is 0 Å². The Labute approximate surface area is 236 Å². The Morgan fingerprint density at radius 2 is 1.60 bits per heavy atom. The molecule has 8 heteroatoms. The highest BCUT2D eigenvalue weighted by Gasteiger charge is 2.17. The molecular weight excluding hydrogens is 506 g/mol. The first kappa shape index (κ1) is 28.8. The minimum atomic E-state index is -0.172. The van der Waals surface area contributed by atoms with E-state index in [-0.39, 0.29) is 5.91 Å². The van der Waals surface area contributed by atoms with E-state index in [1.165, 1.54) is 26.9 Å². The van der Waals surface area contributed by atoms with Gasteiger partial charge in [0.15, 0.2) is 11.5 Å². The van der Waals surface area contributed by atoms with Crippen molar-refractivity contribution in [1.29, 1.82) is 0 Å². The number of nitrogens with one attached hydrogen (secondary N) is 1. The highest BCUT2D eigenvalue weighted by Crippen LogP contribution is 2.38. The molecule has 0 aliphatic rings. The summed E-state index contributed by atoms with van der Waals surface area (Å²) in [5.74, 6) is 3.20. The summed E-state index contributed by atoms with van der Waals surface area (Å²) in [5.41, 5.74) is 3.87. The molecule has 0 radical (unpaired) electrons. The number of unbranched alkanes of at least 4 members (excludes halogenated alkanes) is 2. The number of methoxy groups -OCH3 is 3. The van der Waals surface area contributed by atoms with Crippen LogP contribution in [-0.2, 0) is 13.0 Å². The SMILES string of the molecule is COc1cc(C(=O)NCCCCCc2nc3ccccc3n2CCCOc2ccc(C)cc2)cc(OC)c1OC. The molecule has 0 aliphatic heterocycles. The van der Waals surface area contributed by atoms with Gasteiger partial charge in [0.2, 0.25) is 5.75 Å². The Bertz CT molecular complexity index is 1370. The van der Waals surface area contributed by atoms with E-state index >= 15 is 0 Å². The zero-order valence-corrected chi connectivity index (χ0v) is 23.9. The van der Waals surface area contributed by atoms with E-state index in [0.29, 0.717) is 36.0 Å². The third kappa shape index (κ3) is 7.25. The molecule has 1 amide bonds. The van der Waals surface area contributed by atoms with Gasteiger partial charge in [0.1, 0.15) is 11.6 Å². The van der Waals surface area contributed by atoms with E-state index in [0.717, 1.165) is 61.3 Å². The van der Waals surface area contributed by atoms with Crippen LogP contribution in [0.25, 0.3) is 11.0 Å². The molecule has 1 N–H and O–H groups in total. The monoisotopic (exact) mass is 545 g/mol. The molecule has 3 aromatic carbocycles. The van der Waals surface area contributed by atoms with Gasteiger partial charge in [-0.05, 0) is 62.6 Å². The lowest BCUT2D eigenvalue weighted by atomic mass is 10.1. The number of para-hydroxylation sites is 2. The summed E-state index contributed by atoms with van der Waals surface area (Å²) in [5, 5.41) is 3.00. The van der Waals surface area contributed by atoms with Gasteiger partial charge >= 0.3 is 0 Å². The lowest BCUT2D eigenvalue weighted by Crippen LogP contribution is -2.24. The van der Waals surface area contributed by atoms with Crippen molar-refractivity contribution < 1.29 is 23.7 Å². The van der Waals surface area contributed by atoms with Gasteiger partial charge in [0, 0.05) is 25.1 Å². The standard InChI is InChI=1S/C32H39N3O5/c1-23-14-16-25(17-15-23)40-20-10-19-35-27-12-8-7-11-26(27)34-30(35)13-6-5-9-18-33-32(36)24-21-28(37-2)31(39-4)29(22-24)38-3/h7-8,11-12,14-17,21-22H,5-6,9-10,13,18-20H2,1-4H3,(H,33,36). The fourth-order valence-corrected chi connectivity index (χ4v) is 4.71. The molecule has 0 saturated heterocycles. The highest BCUT2D eigenvalue weighted by atomic mass is 16.5. The zero-order valence-electron chi connectivity index (χ0n) is 23.9. The number of hydrogen-bond donors (Lipinski definition) is 1. The number of aromatic nitrogens is 2. The summed E-state index contributed by atoms with van der Waals surface area (Å²) in [6.45, 7) is 4.17. The number of aryl methyl sites for hydroxylation is 3. The molecule has 0 fully saturated rings. The van der Waals surface area contributed by atoms with Crippen LogP contribution in [0.15, 0.2) is 60.7 Å². The third-order valence-electron chi connectivity index (χ3n) is 6.84. The van der Waals surface area contributed by atoms with Crippen LogP contribution in [0, 0.1) is 6.92 Å². The third-order valence-corrected chi connectivity index (χ3v) is 6.84. The van der Waals surface area contributed by atoms with Crippen LogP contribution in [0.2, 0.25) is 0 Å². The van der Waals surface area contributed by atoms with Gasteiger partial charge in [-0.3, -0.25) is 4.79 Å². The smallest absolute Gasteiger partial charge is 0.251 e. The van der Waals surface area contributed by atoms with Gasteiger partial charge in [-0.1, -0.05) is 36.2 Å². The average Bonchev–Trinajstić information content (AvgIpc) is 3.34. The van der Waals surface area contributed by atoms with Crippen molar-refractivity contribution in [3.05, 3.63) is 77.6 Å². The first-order chi connectivity index (χ1) is 19.5. The Morgan fingerprint density at radius 3 is 2.30 bits per heavy atom. The molecule has 0 unspecified atom stereocenters. The van der Waals surface area contributed by atoms with E-state index in [1.807, 2.05) is 18.2 Å². The molecule has 4 aromatic rings. The summed E-state index contributed by atoms with van der Waals surface area (Å²) in [7, 11) is 4.61. The van der Waals surface area contributed by atoms with Crippen LogP contribution in [0.4, 0.5) is 0 Å². The summed E-state index contributed by atoms with van der Waals surface area (Å²) in [6, 6.07) is 19.8. The Balaban J connectivity index is 1.25. The second-order valence-electron chi connectivity index (χ2n) is 9.66. The molecule has 1 aromatic heterocycles. The zero-order chi connectivity index (χ0) is 28.3. The van der Waals surface area contributed by atoms with Crippen LogP contribution in [-0.4, -0.2) is 49.9 Å². The van der Waals surface area contributed by atoms with E-state index in [9.17, 15) is 4.79 Å². The van der Waals surface area contributed by atoms with Gasteiger partial charge in [0.05, 0.1) is 39.0 Å². The van der Waals surface area contributed by atoms with Crippen LogP contribution in [0.3, 0.4) is 0 Å². The van der Waals surface area contributed by atoms with Crippen molar-refractivity contribution in [3.8, 4) is 23.0 Å². The molecule has 0 bridgehead atoms. The van der Waals surface area contributed by atoms with E-state index in [4.69, 9.17) is 23.9 Å². The van der Waals surface area contributed by atoms with Gasteiger partial charge in [-0.15, -0.1) is 0 Å². The maximum Gasteiger partial charge on any atom is 0.251 e. The molecule has 40 heavy (non-hydrogen) atoms. The summed E-state index contributed by atoms with van der Waals surface area (Å²) in [6.07, 6.45) is 4.63. The molecule has 8 nitrogen and oxygen atoms in total. The van der Waals surface area contributed by atoms with Crippen LogP contribution < -0.4 is 24.3 Å². The Kier molecular flexibility index (Phi) is 10.3. The summed E-state index contributed by atoms with van der Waals surface area (Å²) in [4.78, 5) is 17.6. The van der Waals surface area contributed by atoms with E-state index in [1.54, 1.807) is 12.1 Å². The molecule has 0 spiro atoms. The van der Waals surface area contributed by atoms with Crippen molar-refractivity contribution in [1.82, 2.24) is 14.9 Å². The predicted octanol–water partition coefficient (Wildman–Crippen LogP) is 5.98. The number of hydrogen-bond acceptors (Lipinski definition) is 6. The predicted molar refractivity (Wildman–Crippen MR) is 157 cm³/mol. The van der Waals surface area contributed by atoms with Crippen molar-refractivity contribution in [3.63, 3.8) is 0 Å². The van der Waals surface area contributed by atoms with Crippen LogP contribution >= 0.6 is 0 Å². The number of benzene rings is 3. The minimum Gasteiger partial charge on any atom is -0.494 e. The van der Waals surface area contributed by atoms with Gasteiger partial charge in [-0.25, -0.2) is 4.98 Å². The number of carbonyl (C=O) groups is 1. The van der Waals surface area contributed by atoms with Crippen LogP contribution in [0.5, 0.6) is 23.0 Å². The molecule has 0 saturated carbocycles. The second-order valence-corrected chi connectivity index (χ2v) is 9.66. The topological polar surface area (TPSA) is 83.8 Å². The lowest BCUT2D eigenvalue weighted by Gasteiger charge is -2.14. The highest BCUT2D eigenvalue weighted by molar-refractivity contribution is 5.95. The molecule has 0 atom stereocenters. The minimum absolute atomic E-state index is 0.172. The van der Waals surface area contributed by atoms with Gasteiger partial charge < -0.3 is 28.8 Å². The maximum absolute atomic E-state index is 12.7. The fourth-order valence-electron chi connectivity index (χ4n) is 4.71. The number of rotatable bonds is 15. The number of ether oxygens (including phenoxy) is 4. The maximum atomic E-state index is 12.7. The quantitative estimate of drug-likeness (QED) is 0.185. The van der Waals surface area contributed by atoms with Crippen molar-refractivity contribution >= 4 is 16.9 Å². The lowest BCUT2D eigenvalue weighted by molar-refractivity contribution is 0.0952. The summed E-state index contributed by atoms with van der Waals surface area (Å²) >= 11 is 0. The Morgan fingerprint density at radius 1 is 0.875 bits per heavy atom. The molecule has 4 rings (SSSR count). The molecule has 0 aliphatic carbocycles. The van der Waals surface area contributed by atoms with Gasteiger partial charge in [-0.2, -0.15) is 0 Å². The number of carbonyl (C=O) groups excluding carboxylic acids is 1. The Hall–Kier alpha value is -4.20. The summed E-state index contributed by atoms with van der Waals surface area (Å²) < 4.78 is 24.3. The van der Waals surface area contributed by atoms with Crippen molar-refractivity contribution in [2.45, 2.75) is 45.6 Å². The number of nitrogens with zero attached hydrogens (tertiary/aromatic N) is 2. The fraction of sp³-hybridized carbons (Fsp3) is 0.375. The first-order valence-electron chi connectivity index (χ1n) is 13.8. The van der Waals surface area contributed by atoms with Gasteiger partial charge in [0.25, 0.3) is 5.91 Å².